The van der Waals surface area contributed by atoms with Gasteiger partial charge in [-0.05, 0) is 12.1 Å². The number of nitrogens with zero attached hydrogens (tertiary/aromatic N) is 2. The minimum absolute atomic E-state index is 0.0580. The minimum Gasteiger partial charge on any atom is -0.496 e. The van der Waals surface area contributed by atoms with Crippen molar-refractivity contribution in [2.75, 3.05) is 26.6 Å². The molecule has 1 N–H and O–H groups in total. The van der Waals surface area contributed by atoms with Gasteiger partial charge in [0, 0.05) is 13.1 Å². The first-order chi connectivity index (χ1) is 10.1. The largest absolute Gasteiger partial charge is 0.496 e. The van der Waals surface area contributed by atoms with Gasteiger partial charge >= 0.3 is 0 Å². The third kappa shape index (κ3) is 2.86. The molecule has 2 aromatic rings. The lowest BCUT2D eigenvalue weighted by atomic mass is 10.1. The average Bonchev–Trinajstić information content (AvgIpc) is 2.53. The van der Waals surface area contributed by atoms with Gasteiger partial charge in [0.15, 0.2) is 0 Å². The van der Waals surface area contributed by atoms with Crippen LogP contribution >= 0.6 is 0 Å². The second-order valence-corrected chi connectivity index (χ2v) is 4.14. The van der Waals surface area contributed by atoms with Crippen molar-refractivity contribution in [3.63, 3.8) is 0 Å². The third-order valence-corrected chi connectivity index (χ3v) is 2.96. The summed E-state index contributed by atoms with van der Waals surface area (Å²) in [5.74, 6) is 1.46. The molecule has 0 spiro atoms. The summed E-state index contributed by atoms with van der Waals surface area (Å²) in [4.78, 5) is 14.9. The van der Waals surface area contributed by atoms with Crippen molar-refractivity contribution in [1.29, 1.82) is 0 Å². The van der Waals surface area contributed by atoms with E-state index in [1.54, 1.807) is 25.2 Å². The van der Waals surface area contributed by atoms with E-state index in [-0.39, 0.29) is 5.69 Å². The molecular weight excluding hydrogens is 274 g/mol. The Morgan fingerprint density at radius 3 is 2.29 bits per heavy atom. The lowest BCUT2D eigenvalue weighted by molar-refractivity contribution is -0.384. The van der Waals surface area contributed by atoms with E-state index < -0.39 is 4.92 Å². The van der Waals surface area contributed by atoms with E-state index in [1.807, 2.05) is 0 Å². The highest BCUT2D eigenvalue weighted by atomic mass is 16.6. The summed E-state index contributed by atoms with van der Waals surface area (Å²) < 4.78 is 10.6. The topological polar surface area (TPSA) is 86.5 Å². The molecule has 0 unspecified atom stereocenters. The molecule has 0 saturated heterocycles. The van der Waals surface area contributed by atoms with Crippen molar-refractivity contribution in [2.24, 2.45) is 0 Å². The molecule has 0 aliphatic rings. The smallest absolute Gasteiger partial charge is 0.275 e. The molecule has 0 radical (unpaired) electrons. The van der Waals surface area contributed by atoms with Gasteiger partial charge in [-0.3, -0.25) is 10.1 Å². The van der Waals surface area contributed by atoms with Crippen molar-refractivity contribution >= 4 is 11.5 Å². The standard InChI is InChI=1S/C14H15N3O4/c1-15-13-8-9(17(18)19)7-10(16-13)14-11(20-2)5-4-6-12(14)21-3/h4-8H,1-3H3,(H,15,16). The van der Waals surface area contributed by atoms with Crippen LogP contribution < -0.4 is 14.8 Å². The Morgan fingerprint density at radius 1 is 1.19 bits per heavy atom. The minimum atomic E-state index is -0.464. The van der Waals surface area contributed by atoms with Gasteiger partial charge in [-0.2, -0.15) is 0 Å². The molecule has 7 heteroatoms. The maximum Gasteiger partial charge on any atom is 0.275 e. The highest BCUT2D eigenvalue weighted by molar-refractivity contribution is 5.76. The van der Waals surface area contributed by atoms with Gasteiger partial charge in [0.2, 0.25) is 0 Å². The number of hydrogen-bond acceptors (Lipinski definition) is 6. The SMILES string of the molecule is CNc1cc([N+](=O)[O-])cc(-c2c(OC)cccc2OC)n1. The van der Waals surface area contributed by atoms with Crippen molar-refractivity contribution in [2.45, 2.75) is 0 Å². The van der Waals surface area contributed by atoms with Crippen LogP contribution in [0.15, 0.2) is 30.3 Å². The molecule has 1 aromatic carbocycles. The first kappa shape index (κ1) is 14.6. The van der Waals surface area contributed by atoms with Gasteiger partial charge in [0.1, 0.15) is 17.3 Å². The normalized spacial score (nSPS) is 10.0. The van der Waals surface area contributed by atoms with E-state index in [9.17, 15) is 10.1 Å². The number of ether oxygens (including phenoxy) is 2. The molecule has 1 heterocycles. The van der Waals surface area contributed by atoms with Crippen LogP contribution in [0.4, 0.5) is 11.5 Å². The molecule has 0 aliphatic carbocycles. The average molecular weight is 289 g/mol. The monoisotopic (exact) mass is 289 g/mol. The van der Waals surface area contributed by atoms with E-state index in [2.05, 4.69) is 10.3 Å². The van der Waals surface area contributed by atoms with E-state index in [0.29, 0.717) is 28.6 Å². The molecule has 0 amide bonds. The summed E-state index contributed by atoms with van der Waals surface area (Å²) in [6.45, 7) is 0. The molecule has 0 fully saturated rings. The summed E-state index contributed by atoms with van der Waals surface area (Å²) in [7, 11) is 4.69. The van der Waals surface area contributed by atoms with Gasteiger partial charge in [-0.1, -0.05) is 6.07 Å². The Balaban J connectivity index is 2.71. The maximum atomic E-state index is 11.0. The Kier molecular flexibility index (Phi) is 4.22. The summed E-state index contributed by atoms with van der Waals surface area (Å²) in [6, 6.07) is 8.03. The molecular formula is C14H15N3O4. The molecule has 0 atom stereocenters. The van der Waals surface area contributed by atoms with Crippen molar-refractivity contribution < 1.29 is 14.4 Å². The zero-order chi connectivity index (χ0) is 15.4. The predicted molar refractivity (Wildman–Crippen MR) is 79.0 cm³/mol. The number of anilines is 1. The molecule has 110 valence electrons. The molecule has 0 bridgehead atoms. The van der Waals surface area contributed by atoms with Crippen LogP contribution in [-0.2, 0) is 0 Å². The number of benzene rings is 1. The van der Waals surface area contributed by atoms with E-state index in [1.165, 1.54) is 26.4 Å². The summed E-state index contributed by atoms with van der Waals surface area (Å²) in [5, 5.41) is 13.9. The Bertz CT molecular complexity index is 651. The zero-order valence-corrected chi connectivity index (χ0v) is 11.9. The van der Waals surface area contributed by atoms with Crippen LogP contribution in [0.1, 0.15) is 0 Å². The van der Waals surface area contributed by atoms with Crippen LogP contribution in [0.2, 0.25) is 0 Å². The van der Waals surface area contributed by atoms with Crippen LogP contribution in [0.3, 0.4) is 0 Å². The van der Waals surface area contributed by atoms with Crippen LogP contribution in [0.25, 0.3) is 11.3 Å². The van der Waals surface area contributed by atoms with Gasteiger partial charge in [0.05, 0.1) is 36.5 Å². The fourth-order valence-corrected chi connectivity index (χ4v) is 1.98. The number of nitro groups is 1. The van der Waals surface area contributed by atoms with Gasteiger partial charge in [0.25, 0.3) is 5.69 Å². The zero-order valence-electron chi connectivity index (χ0n) is 11.9. The Morgan fingerprint density at radius 2 is 1.81 bits per heavy atom. The second kappa shape index (κ2) is 6.08. The number of aromatic nitrogens is 1. The molecule has 7 nitrogen and oxygen atoms in total. The molecule has 0 aliphatic heterocycles. The summed E-state index contributed by atoms with van der Waals surface area (Å²) in [5.41, 5.74) is 0.919. The molecule has 21 heavy (non-hydrogen) atoms. The van der Waals surface area contributed by atoms with E-state index >= 15 is 0 Å². The number of nitrogens with one attached hydrogen (secondary N) is 1. The number of hydrogen-bond donors (Lipinski definition) is 1. The van der Waals surface area contributed by atoms with Crippen LogP contribution in [0, 0.1) is 10.1 Å². The van der Waals surface area contributed by atoms with Crippen molar-refractivity contribution in [3.05, 3.63) is 40.4 Å². The first-order valence-corrected chi connectivity index (χ1v) is 6.16. The summed E-state index contributed by atoms with van der Waals surface area (Å²) >= 11 is 0. The van der Waals surface area contributed by atoms with Crippen LogP contribution in [-0.4, -0.2) is 31.2 Å². The lowest BCUT2D eigenvalue weighted by Crippen LogP contribution is -2.00. The van der Waals surface area contributed by atoms with Gasteiger partial charge in [-0.25, -0.2) is 4.98 Å². The molecule has 0 saturated carbocycles. The van der Waals surface area contributed by atoms with Crippen molar-refractivity contribution in [1.82, 2.24) is 4.98 Å². The number of rotatable bonds is 5. The van der Waals surface area contributed by atoms with E-state index in [4.69, 9.17) is 9.47 Å². The highest BCUT2D eigenvalue weighted by Crippen LogP contribution is 2.38. The fourth-order valence-electron chi connectivity index (χ4n) is 1.98. The number of pyridine rings is 1. The maximum absolute atomic E-state index is 11.0. The fraction of sp³-hybridized carbons (Fsp3) is 0.214. The quantitative estimate of drug-likeness (QED) is 0.672. The summed E-state index contributed by atoms with van der Waals surface area (Å²) in [6.07, 6.45) is 0. The van der Waals surface area contributed by atoms with Gasteiger partial charge < -0.3 is 14.8 Å². The molecule has 1 aromatic heterocycles. The van der Waals surface area contributed by atoms with E-state index in [0.717, 1.165) is 0 Å². The second-order valence-electron chi connectivity index (χ2n) is 4.14. The predicted octanol–water partition coefficient (Wildman–Crippen LogP) is 2.72. The van der Waals surface area contributed by atoms with Crippen LogP contribution in [0.5, 0.6) is 11.5 Å². The van der Waals surface area contributed by atoms with Crippen molar-refractivity contribution in [3.8, 4) is 22.8 Å². The number of methoxy groups -OCH3 is 2. The highest BCUT2D eigenvalue weighted by Gasteiger charge is 2.18. The Hall–Kier alpha value is -2.83. The third-order valence-electron chi connectivity index (χ3n) is 2.96. The first-order valence-electron chi connectivity index (χ1n) is 6.16. The Labute approximate surface area is 121 Å². The van der Waals surface area contributed by atoms with Gasteiger partial charge in [-0.15, -0.1) is 0 Å². The molecule has 2 rings (SSSR count). The lowest BCUT2D eigenvalue weighted by Gasteiger charge is -2.13.